The zero-order valence-electron chi connectivity index (χ0n) is 12.2. The lowest BCUT2D eigenvalue weighted by Crippen LogP contribution is -2.29. The van der Waals surface area contributed by atoms with E-state index in [0.717, 1.165) is 12.1 Å². The number of hydrogen-bond donors (Lipinski definition) is 2. The number of halogens is 2. The van der Waals surface area contributed by atoms with Crippen LogP contribution in [0.4, 0.5) is 20.2 Å². The Labute approximate surface area is 136 Å². The van der Waals surface area contributed by atoms with Gasteiger partial charge in [-0.2, -0.15) is 0 Å². The fourth-order valence-corrected chi connectivity index (χ4v) is 2.86. The maximum atomic E-state index is 13.1. The lowest BCUT2D eigenvalue weighted by molar-refractivity contribution is -0.384. The molecular weight excluding hydrogens is 344 g/mol. The van der Waals surface area contributed by atoms with Crippen molar-refractivity contribution in [1.82, 2.24) is 4.72 Å². The van der Waals surface area contributed by atoms with Gasteiger partial charge in [0.15, 0.2) is 11.6 Å². The summed E-state index contributed by atoms with van der Waals surface area (Å²) < 4.78 is 52.0. The summed E-state index contributed by atoms with van der Waals surface area (Å²) in [5.41, 5.74) is 0.521. The van der Waals surface area contributed by atoms with Gasteiger partial charge in [0.25, 0.3) is 5.69 Å². The topological polar surface area (TPSA) is 101 Å². The SMILES string of the molecule is O=[N+]([O-])c1ccc(NCCNS(=O)(=O)c2ccc(F)c(F)c2)cc1. The number of benzene rings is 2. The van der Waals surface area contributed by atoms with Crippen LogP contribution in [0.5, 0.6) is 0 Å². The van der Waals surface area contributed by atoms with Crippen molar-refractivity contribution in [3.8, 4) is 0 Å². The Hall–Kier alpha value is -2.59. The number of non-ortho nitro benzene ring substituents is 1. The number of nitrogens with zero attached hydrogens (tertiary/aromatic N) is 1. The van der Waals surface area contributed by atoms with Crippen molar-refractivity contribution < 1.29 is 22.1 Å². The lowest BCUT2D eigenvalue weighted by atomic mass is 10.3. The van der Waals surface area contributed by atoms with Gasteiger partial charge in [-0.3, -0.25) is 10.1 Å². The lowest BCUT2D eigenvalue weighted by Gasteiger charge is -2.09. The molecule has 10 heteroatoms. The Kier molecular flexibility index (Phi) is 5.42. The predicted molar refractivity (Wildman–Crippen MR) is 83.1 cm³/mol. The highest BCUT2D eigenvalue weighted by molar-refractivity contribution is 7.89. The molecular formula is C14H13F2N3O4S. The van der Waals surface area contributed by atoms with Crippen LogP contribution < -0.4 is 10.0 Å². The van der Waals surface area contributed by atoms with Gasteiger partial charge in [-0.05, 0) is 30.3 Å². The second-order valence-corrected chi connectivity index (χ2v) is 6.47. The normalized spacial score (nSPS) is 11.2. The Bertz CT molecular complexity index is 842. The molecule has 0 aliphatic rings. The Morgan fingerprint density at radius 2 is 1.67 bits per heavy atom. The summed E-state index contributed by atoms with van der Waals surface area (Å²) in [4.78, 5) is 9.61. The molecule has 7 nitrogen and oxygen atoms in total. The molecule has 0 spiro atoms. The monoisotopic (exact) mass is 357 g/mol. The Balaban J connectivity index is 1.88. The smallest absolute Gasteiger partial charge is 0.269 e. The van der Waals surface area contributed by atoms with Gasteiger partial charge in [-0.15, -0.1) is 0 Å². The molecule has 0 fully saturated rings. The summed E-state index contributed by atoms with van der Waals surface area (Å²) in [6, 6.07) is 7.90. The highest BCUT2D eigenvalue weighted by Gasteiger charge is 2.15. The number of hydrogen-bond acceptors (Lipinski definition) is 5. The number of nitrogens with one attached hydrogen (secondary N) is 2. The largest absolute Gasteiger partial charge is 0.384 e. The van der Waals surface area contributed by atoms with Crippen LogP contribution in [0, 0.1) is 21.7 Å². The van der Waals surface area contributed by atoms with Crippen molar-refractivity contribution in [1.29, 1.82) is 0 Å². The van der Waals surface area contributed by atoms with Crippen LogP contribution in [-0.4, -0.2) is 26.4 Å². The molecule has 0 bridgehead atoms. The number of sulfonamides is 1. The van der Waals surface area contributed by atoms with Gasteiger partial charge in [-0.1, -0.05) is 0 Å². The van der Waals surface area contributed by atoms with Gasteiger partial charge in [0.05, 0.1) is 9.82 Å². The average Bonchev–Trinajstić information content (AvgIpc) is 2.54. The molecule has 0 atom stereocenters. The van der Waals surface area contributed by atoms with E-state index in [1.165, 1.54) is 24.3 Å². The van der Waals surface area contributed by atoms with Crippen LogP contribution in [0.3, 0.4) is 0 Å². The first kappa shape index (κ1) is 17.8. The van der Waals surface area contributed by atoms with Crippen LogP contribution in [0.1, 0.15) is 0 Å². The van der Waals surface area contributed by atoms with E-state index in [4.69, 9.17) is 0 Å². The van der Waals surface area contributed by atoms with Gasteiger partial charge < -0.3 is 5.32 Å². The molecule has 2 rings (SSSR count). The van der Waals surface area contributed by atoms with Crippen LogP contribution in [0.15, 0.2) is 47.4 Å². The van der Waals surface area contributed by atoms with Crippen molar-refractivity contribution in [2.75, 3.05) is 18.4 Å². The summed E-state index contributed by atoms with van der Waals surface area (Å²) >= 11 is 0. The van der Waals surface area contributed by atoms with Gasteiger partial charge in [0, 0.05) is 30.9 Å². The first-order valence-corrected chi connectivity index (χ1v) is 8.21. The second-order valence-electron chi connectivity index (χ2n) is 4.70. The van der Waals surface area contributed by atoms with Crippen molar-refractivity contribution in [3.63, 3.8) is 0 Å². The predicted octanol–water partition coefficient (Wildman–Crippen LogP) is 2.26. The van der Waals surface area contributed by atoms with Gasteiger partial charge in [-0.25, -0.2) is 21.9 Å². The molecule has 0 unspecified atom stereocenters. The molecule has 128 valence electrons. The molecule has 0 aromatic heterocycles. The molecule has 0 heterocycles. The molecule has 2 aromatic carbocycles. The molecule has 24 heavy (non-hydrogen) atoms. The highest BCUT2D eigenvalue weighted by Crippen LogP contribution is 2.15. The van der Waals surface area contributed by atoms with E-state index < -0.39 is 26.6 Å². The number of anilines is 1. The zero-order chi connectivity index (χ0) is 17.7. The van der Waals surface area contributed by atoms with Crippen molar-refractivity contribution in [2.45, 2.75) is 4.90 Å². The van der Waals surface area contributed by atoms with Crippen LogP contribution in [0.2, 0.25) is 0 Å². The van der Waals surface area contributed by atoms with Crippen molar-refractivity contribution in [3.05, 3.63) is 64.2 Å². The summed E-state index contributed by atoms with van der Waals surface area (Å²) in [5.74, 6) is -2.38. The molecule has 2 N–H and O–H groups in total. The quantitative estimate of drug-likeness (QED) is 0.450. The first-order valence-electron chi connectivity index (χ1n) is 6.72. The standard InChI is InChI=1S/C14H13F2N3O4S/c15-13-6-5-12(9-14(13)16)24(22,23)18-8-7-17-10-1-3-11(4-2-10)19(20)21/h1-6,9,17-18H,7-8H2. The number of nitro benzene ring substituents is 1. The summed E-state index contributed by atoms with van der Waals surface area (Å²) in [5, 5.41) is 13.4. The van der Waals surface area contributed by atoms with E-state index >= 15 is 0 Å². The molecule has 0 amide bonds. The second kappa shape index (κ2) is 7.32. The fraction of sp³-hybridized carbons (Fsp3) is 0.143. The zero-order valence-corrected chi connectivity index (χ0v) is 13.0. The van der Waals surface area contributed by atoms with Gasteiger partial charge >= 0.3 is 0 Å². The molecule has 0 aliphatic carbocycles. The summed E-state index contributed by atoms with van der Waals surface area (Å²) in [6.07, 6.45) is 0. The van der Waals surface area contributed by atoms with Crippen molar-refractivity contribution in [2.24, 2.45) is 0 Å². The number of nitro groups is 1. The number of rotatable bonds is 7. The molecule has 0 saturated carbocycles. The maximum Gasteiger partial charge on any atom is 0.269 e. The first-order chi connectivity index (χ1) is 11.3. The van der Waals surface area contributed by atoms with E-state index in [2.05, 4.69) is 10.0 Å². The van der Waals surface area contributed by atoms with E-state index in [9.17, 15) is 27.3 Å². The van der Waals surface area contributed by atoms with E-state index in [-0.39, 0.29) is 23.7 Å². The van der Waals surface area contributed by atoms with Gasteiger partial charge in [0.1, 0.15) is 0 Å². The minimum Gasteiger partial charge on any atom is -0.384 e. The summed E-state index contributed by atoms with van der Waals surface area (Å²) in [7, 11) is -3.96. The molecule has 0 radical (unpaired) electrons. The van der Waals surface area contributed by atoms with E-state index in [0.29, 0.717) is 11.8 Å². The van der Waals surface area contributed by atoms with Crippen LogP contribution >= 0.6 is 0 Å². The Morgan fingerprint density at radius 1 is 1.00 bits per heavy atom. The third-order valence-corrected chi connectivity index (χ3v) is 4.48. The minimum absolute atomic E-state index is 0.0156. The van der Waals surface area contributed by atoms with Crippen LogP contribution in [-0.2, 0) is 10.0 Å². The molecule has 0 aliphatic heterocycles. The molecule has 0 saturated heterocycles. The highest BCUT2D eigenvalue weighted by atomic mass is 32.2. The molecule has 2 aromatic rings. The minimum atomic E-state index is -3.96. The van der Waals surface area contributed by atoms with E-state index in [1.54, 1.807) is 0 Å². The van der Waals surface area contributed by atoms with Gasteiger partial charge in [0.2, 0.25) is 10.0 Å². The van der Waals surface area contributed by atoms with Crippen molar-refractivity contribution >= 4 is 21.4 Å². The Morgan fingerprint density at radius 3 is 2.25 bits per heavy atom. The third-order valence-electron chi connectivity index (χ3n) is 3.03. The third kappa shape index (κ3) is 4.46. The maximum absolute atomic E-state index is 13.1. The van der Waals surface area contributed by atoms with E-state index in [1.807, 2.05) is 0 Å². The average molecular weight is 357 g/mol. The van der Waals surface area contributed by atoms with Crippen LogP contribution in [0.25, 0.3) is 0 Å². The fourth-order valence-electron chi connectivity index (χ4n) is 1.82. The summed E-state index contributed by atoms with van der Waals surface area (Å²) in [6.45, 7) is 0.180.